The number of nitrogens with zero attached hydrogens (tertiary/aromatic N) is 1. The van der Waals surface area contributed by atoms with Crippen molar-refractivity contribution in [3.63, 3.8) is 0 Å². The molecule has 1 aromatic carbocycles. The molecule has 1 aromatic rings. The van der Waals surface area contributed by atoms with E-state index in [1.807, 2.05) is 49.9 Å². The molecule has 0 bridgehead atoms. The summed E-state index contributed by atoms with van der Waals surface area (Å²) in [6.45, 7) is 7.81. The quantitative estimate of drug-likeness (QED) is 0.772. The number of amides is 2. The van der Waals surface area contributed by atoms with E-state index >= 15 is 0 Å². The Hall–Kier alpha value is -2.04. The van der Waals surface area contributed by atoms with Gasteiger partial charge in [0.2, 0.25) is 11.8 Å². The van der Waals surface area contributed by atoms with Gasteiger partial charge in [-0.3, -0.25) is 9.59 Å². The zero-order chi connectivity index (χ0) is 18.2. The van der Waals surface area contributed by atoms with Crippen molar-refractivity contribution in [3.05, 3.63) is 29.8 Å². The van der Waals surface area contributed by atoms with Crippen molar-refractivity contribution >= 4 is 11.8 Å². The third kappa shape index (κ3) is 6.07. The predicted octanol–water partition coefficient (Wildman–Crippen LogP) is 2.92. The number of piperidine rings is 1. The van der Waals surface area contributed by atoms with Crippen molar-refractivity contribution in [2.75, 3.05) is 19.7 Å². The number of carbonyl (C=O) groups excluding carboxylic acids is 2. The van der Waals surface area contributed by atoms with Gasteiger partial charge in [0, 0.05) is 31.5 Å². The average Bonchev–Trinajstić information content (AvgIpc) is 2.60. The van der Waals surface area contributed by atoms with Crippen molar-refractivity contribution in [2.24, 2.45) is 5.92 Å². The van der Waals surface area contributed by atoms with E-state index in [1.54, 1.807) is 0 Å². The molecule has 1 aliphatic heterocycles. The maximum absolute atomic E-state index is 12.3. The lowest BCUT2D eigenvalue weighted by Crippen LogP contribution is -2.47. The lowest BCUT2D eigenvalue weighted by atomic mass is 10.0. The van der Waals surface area contributed by atoms with Crippen LogP contribution in [0.5, 0.6) is 5.75 Å². The lowest BCUT2D eigenvalue weighted by Gasteiger charge is -2.32. The van der Waals surface area contributed by atoms with Crippen LogP contribution < -0.4 is 10.1 Å². The zero-order valence-corrected chi connectivity index (χ0v) is 15.6. The summed E-state index contributed by atoms with van der Waals surface area (Å²) in [6.07, 6.45) is 2.90. The van der Waals surface area contributed by atoms with Crippen LogP contribution in [0.25, 0.3) is 0 Å². The zero-order valence-electron chi connectivity index (χ0n) is 15.6. The van der Waals surface area contributed by atoms with Gasteiger partial charge < -0.3 is 15.0 Å². The summed E-state index contributed by atoms with van der Waals surface area (Å²) in [4.78, 5) is 25.9. The first-order valence-corrected chi connectivity index (χ1v) is 9.24. The summed E-state index contributed by atoms with van der Waals surface area (Å²) >= 11 is 0. The summed E-state index contributed by atoms with van der Waals surface area (Å²) in [6, 6.07) is 8.10. The van der Waals surface area contributed by atoms with E-state index in [4.69, 9.17) is 4.74 Å². The topological polar surface area (TPSA) is 58.6 Å². The van der Waals surface area contributed by atoms with E-state index in [2.05, 4.69) is 5.32 Å². The van der Waals surface area contributed by atoms with Gasteiger partial charge in [-0.15, -0.1) is 0 Å². The van der Waals surface area contributed by atoms with Crippen molar-refractivity contribution < 1.29 is 14.3 Å². The molecule has 1 aliphatic rings. The summed E-state index contributed by atoms with van der Waals surface area (Å²) < 4.78 is 5.74. The summed E-state index contributed by atoms with van der Waals surface area (Å²) in [5.41, 5.74) is 1.11. The molecule has 0 aromatic heterocycles. The number of aryl methyl sites for hydroxylation is 1. The fraction of sp³-hybridized carbons (Fsp3) is 0.600. The van der Waals surface area contributed by atoms with Crippen molar-refractivity contribution in [1.82, 2.24) is 10.2 Å². The highest BCUT2D eigenvalue weighted by molar-refractivity contribution is 5.78. The second-order valence-corrected chi connectivity index (χ2v) is 7.04. The van der Waals surface area contributed by atoms with Crippen LogP contribution in [-0.2, 0) is 9.59 Å². The maximum Gasteiger partial charge on any atom is 0.222 e. The molecule has 1 N–H and O–H groups in total. The number of benzene rings is 1. The fourth-order valence-electron chi connectivity index (χ4n) is 2.92. The molecule has 5 heteroatoms. The van der Waals surface area contributed by atoms with Crippen molar-refractivity contribution in [2.45, 2.75) is 52.5 Å². The molecule has 1 heterocycles. The van der Waals surface area contributed by atoms with Crippen LogP contribution in [0.15, 0.2) is 24.3 Å². The van der Waals surface area contributed by atoms with Crippen LogP contribution in [-0.4, -0.2) is 42.5 Å². The van der Waals surface area contributed by atoms with E-state index in [0.717, 1.165) is 43.7 Å². The third-order valence-electron chi connectivity index (χ3n) is 4.60. The molecule has 25 heavy (non-hydrogen) atoms. The first kappa shape index (κ1) is 19.3. The Kier molecular flexibility index (Phi) is 7.29. The van der Waals surface area contributed by atoms with Gasteiger partial charge in [0.05, 0.1) is 6.61 Å². The number of carbonyl (C=O) groups is 2. The highest BCUT2D eigenvalue weighted by atomic mass is 16.5. The summed E-state index contributed by atoms with van der Waals surface area (Å²) in [5, 5.41) is 3.06. The van der Waals surface area contributed by atoms with Gasteiger partial charge >= 0.3 is 0 Å². The summed E-state index contributed by atoms with van der Waals surface area (Å²) in [7, 11) is 0. The van der Waals surface area contributed by atoms with Gasteiger partial charge in [0.15, 0.2) is 0 Å². The molecule has 5 nitrogen and oxygen atoms in total. The number of rotatable bonds is 7. The second-order valence-electron chi connectivity index (χ2n) is 7.04. The normalized spacial score (nSPS) is 15.3. The molecule has 138 valence electrons. The Morgan fingerprint density at radius 2 is 1.92 bits per heavy atom. The largest absolute Gasteiger partial charge is 0.493 e. The third-order valence-corrected chi connectivity index (χ3v) is 4.60. The molecule has 0 spiro atoms. The minimum Gasteiger partial charge on any atom is -0.493 e. The molecule has 0 unspecified atom stereocenters. The minimum absolute atomic E-state index is 0.00733. The van der Waals surface area contributed by atoms with Gasteiger partial charge in [0.25, 0.3) is 0 Å². The van der Waals surface area contributed by atoms with Crippen LogP contribution in [0.3, 0.4) is 0 Å². The van der Waals surface area contributed by atoms with Gasteiger partial charge in [0.1, 0.15) is 5.75 Å². The number of nitrogens with one attached hydrogen (secondary N) is 1. The average molecular weight is 346 g/mol. The summed E-state index contributed by atoms with van der Waals surface area (Å²) in [5.74, 6) is 1.17. The first-order valence-electron chi connectivity index (χ1n) is 9.24. The van der Waals surface area contributed by atoms with Crippen LogP contribution >= 0.6 is 0 Å². The molecule has 1 saturated heterocycles. The fourth-order valence-corrected chi connectivity index (χ4v) is 2.92. The Balaban J connectivity index is 1.64. The number of hydrogen-bond acceptors (Lipinski definition) is 3. The monoisotopic (exact) mass is 346 g/mol. The Morgan fingerprint density at radius 3 is 2.56 bits per heavy atom. The van der Waals surface area contributed by atoms with E-state index in [9.17, 15) is 9.59 Å². The van der Waals surface area contributed by atoms with Gasteiger partial charge in [-0.25, -0.2) is 0 Å². The number of likely N-dealkylation sites (tertiary alicyclic amines) is 1. The Bertz CT molecular complexity index is 578. The Labute approximate surface area is 150 Å². The SMILES string of the molecule is Cc1ccccc1OCCCC(=O)N1CCC(NC(=O)C(C)C)CC1. The number of ether oxygens (including phenoxy) is 1. The van der Waals surface area contributed by atoms with Gasteiger partial charge in [-0.05, 0) is 37.8 Å². The van der Waals surface area contributed by atoms with Crippen molar-refractivity contribution in [3.8, 4) is 5.75 Å². The van der Waals surface area contributed by atoms with E-state index in [-0.39, 0.29) is 23.8 Å². The van der Waals surface area contributed by atoms with Gasteiger partial charge in [-0.2, -0.15) is 0 Å². The molecular formula is C20H30N2O3. The molecule has 1 fully saturated rings. The molecule has 2 rings (SSSR count). The van der Waals surface area contributed by atoms with Gasteiger partial charge in [-0.1, -0.05) is 32.0 Å². The van der Waals surface area contributed by atoms with Crippen LogP contribution in [0, 0.1) is 12.8 Å². The highest BCUT2D eigenvalue weighted by Crippen LogP contribution is 2.17. The second kappa shape index (κ2) is 9.44. The lowest BCUT2D eigenvalue weighted by molar-refractivity contribution is -0.132. The standard InChI is InChI=1S/C20H30N2O3/c1-15(2)20(24)21-17-10-12-22(13-11-17)19(23)9-6-14-25-18-8-5-4-7-16(18)3/h4-5,7-8,15,17H,6,9-14H2,1-3H3,(H,21,24). The van der Waals surface area contributed by atoms with Crippen LogP contribution in [0.4, 0.5) is 0 Å². The van der Waals surface area contributed by atoms with Crippen LogP contribution in [0.1, 0.15) is 45.1 Å². The predicted molar refractivity (Wildman–Crippen MR) is 98.5 cm³/mol. The molecular weight excluding hydrogens is 316 g/mol. The molecule has 0 atom stereocenters. The van der Waals surface area contributed by atoms with E-state index in [1.165, 1.54) is 0 Å². The van der Waals surface area contributed by atoms with E-state index < -0.39 is 0 Å². The maximum atomic E-state index is 12.3. The number of hydrogen-bond donors (Lipinski definition) is 1. The van der Waals surface area contributed by atoms with Crippen LogP contribution in [0.2, 0.25) is 0 Å². The molecule has 0 aliphatic carbocycles. The first-order chi connectivity index (χ1) is 12.0. The number of para-hydroxylation sites is 1. The highest BCUT2D eigenvalue weighted by Gasteiger charge is 2.24. The molecule has 0 saturated carbocycles. The molecule has 2 amide bonds. The minimum atomic E-state index is 0.00733. The smallest absolute Gasteiger partial charge is 0.222 e. The Morgan fingerprint density at radius 1 is 1.24 bits per heavy atom. The van der Waals surface area contributed by atoms with E-state index in [0.29, 0.717) is 13.0 Å². The molecule has 0 radical (unpaired) electrons. The van der Waals surface area contributed by atoms with Crippen molar-refractivity contribution in [1.29, 1.82) is 0 Å².